The fraction of sp³-hybridized carbons (Fsp3) is 0.600. The first-order valence-electron chi connectivity index (χ1n) is 9.67. The highest BCUT2D eigenvalue weighted by atomic mass is 32.2. The molecular weight excluding hydrogens is 364 g/mol. The summed E-state index contributed by atoms with van der Waals surface area (Å²) in [6.45, 7) is 5.37. The molecule has 27 heavy (non-hydrogen) atoms. The molecule has 0 saturated carbocycles. The molecule has 1 fully saturated rings. The van der Waals surface area contributed by atoms with Crippen molar-refractivity contribution in [1.29, 1.82) is 0 Å². The number of sulfone groups is 1. The highest BCUT2D eigenvalue weighted by Crippen LogP contribution is 2.24. The fourth-order valence-electron chi connectivity index (χ4n) is 3.39. The summed E-state index contributed by atoms with van der Waals surface area (Å²) in [5.74, 6) is -0.235. The van der Waals surface area contributed by atoms with Gasteiger partial charge in [-0.05, 0) is 31.4 Å². The summed E-state index contributed by atoms with van der Waals surface area (Å²) >= 11 is 0. The highest BCUT2D eigenvalue weighted by Gasteiger charge is 2.31. The zero-order valence-electron chi connectivity index (χ0n) is 16.5. The van der Waals surface area contributed by atoms with E-state index < -0.39 is 9.84 Å². The molecule has 0 aromatic heterocycles. The van der Waals surface area contributed by atoms with Crippen LogP contribution in [0.4, 0.5) is 0 Å². The molecule has 1 aliphatic rings. The monoisotopic (exact) mass is 394 g/mol. The number of benzene rings is 1. The Kier molecular flexibility index (Phi) is 7.41. The first kappa shape index (κ1) is 21.4. The molecule has 2 amide bonds. The quantitative estimate of drug-likeness (QED) is 0.712. The molecule has 0 bridgehead atoms. The standard InChI is InChI=1S/C20H30N2O4S/c1-4-6-13-21(3)19(23)16-11-14-22(15-12-16)20(24)17-9-7-8-10-18(17)27(25,26)5-2/h7-10,16H,4-6,11-15H2,1-3H3. The van der Waals surface area contributed by atoms with Crippen molar-refractivity contribution in [3.63, 3.8) is 0 Å². The zero-order valence-corrected chi connectivity index (χ0v) is 17.3. The van der Waals surface area contributed by atoms with Crippen LogP contribution in [-0.2, 0) is 14.6 Å². The number of amides is 2. The number of nitrogens with zero attached hydrogens (tertiary/aromatic N) is 2. The maximum atomic E-state index is 12.9. The molecule has 0 aliphatic carbocycles. The van der Waals surface area contributed by atoms with E-state index in [1.165, 1.54) is 6.07 Å². The van der Waals surface area contributed by atoms with E-state index in [0.717, 1.165) is 19.4 Å². The van der Waals surface area contributed by atoms with Crippen molar-refractivity contribution in [2.45, 2.75) is 44.4 Å². The number of carbonyl (C=O) groups is 2. The van der Waals surface area contributed by atoms with E-state index in [1.807, 2.05) is 7.05 Å². The second-order valence-electron chi connectivity index (χ2n) is 7.08. The largest absolute Gasteiger partial charge is 0.346 e. The molecule has 0 radical (unpaired) electrons. The predicted octanol–water partition coefficient (Wildman–Crippen LogP) is 2.59. The lowest BCUT2D eigenvalue weighted by Gasteiger charge is -2.33. The Morgan fingerprint density at radius 1 is 1.15 bits per heavy atom. The van der Waals surface area contributed by atoms with Gasteiger partial charge >= 0.3 is 0 Å². The first-order chi connectivity index (χ1) is 12.8. The van der Waals surface area contributed by atoms with Gasteiger partial charge in [-0.1, -0.05) is 32.4 Å². The summed E-state index contributed by atoms with van der Waals surface area (Å²) in [5.41, 5.74) is 0.226. The molecule has 150 valence electrons. The molecule has 1 aliphatic heterocycles. The highest BCUT2D eigenvalue weighted by molar-refractivity contribution is 7.91. The van der Waals surface area contributed by atoms with E-state index in [1.54, 1.807) is 34.9 Å². The van der Waals surface area contributed by atoms with Crippen LogP contribution < -0.4 is 0 Å². The molecule has 0 atom stereocenters. The minimum absolute atomic E-state index is 0.0437. The van der Waals surface area contributed by atoms with Gasteiger partial charge < -0.3 is 9.80 Å². The molecule has 2 rings (SSSR count). The van der Waals surface area contributed by atoms with Gasteiger partial charge in [0, 0.05) is 32.6 Å². The van der Waals surface area contributed by atoms with Gasteiger partial charge in [-0.25, -0.2) is 8.42 Å². The van der Waals surface area contributed by atoms with Crippen molar-refractivity contribution < 1.29 is 18.0 Å². The number of hydrogen-bond acceptors (Lipinski definition) is 4. The first-order valence-corrected chi connectivity index (χ1v) is 11.3. The Labute approximate surface area is 162 Å². The lowest BCUT2D eigenvalue weighted by atomic mass is 9.94. The third-order valence-electron chi connectivity index (χ3n) is 5.19. The van der Waals surface area contributed by atoms with Crippen LogP contribution in [0.15, 0.2) is 29.2 Å². The molecule has 1 aromatic rings. The van der Waals surface area contributed by atoms with Crippen molar-refractivity contribution in [3.8, 4) is 0 Å². The topological polar surface area (TPSA) is 74.8 Å². The van der Waals surface area contributed by atoms with Crippen LogP contribution in [0.2, 0.25) is 0 Å². The maximum absolute atomic E-state index is 12.9. The molecule has 1 aromatic carbocycles. The Balaban J connectivity index is 2.05. The Bertz CT molecular complexity index is 768. The van der Waals surface area contributed by atoms with Crippen molar-refractivity contribution in [2.24, 2.45) is 5.92 Å². The number of rotatable bonds is 7. The van der Waals surface area contributed by atoms with E-state index in [0.29, 0.717) is 25.9 Å². The van der Waals surface area contributed by atoms with Gasteiger partial charge in [0.25, 0.3) is 5.91 Å². The van der Waals surface area contributed by atoms with Gasteiger partial charge in [-0.2, -0.15) is 0 Å². The average Bonchev–Trinajstić information content (AvgIpc) is 2.71. The molecule has 1 saturated heterocycles. The Morgan fingerprint density at radius 2 is 1.78 bits per heavy atom. The van der Waals surface area contributed by atoms with E-state index in [2.05, 4.69) is 6.92 Å². The number of unbranched alkanes of at least 4 members (excludes halogenated alkanes) is 1. The second kappa shape index (κ2) is 9.35. The third kappa shape index (κ3) is 5.09. The van der Waals surface area contributed by atoms with Gasteiger partial charge in [0.1, 0.15) is 0 Å². The minimum atomic E-state index is -3.47. The smallest absolute Gasteiger partial charge is 0.255 e. The SMILES string of the molecule is CCCCN(C)C(=O)C1CCN(C(=O)c2ccccc2S(=O)(=O)CC)CC1. The summed E-state index contributed by atoms with van der Waals surface area (Å²) in [5, 5.41) is 0. The van der Waals surface area contributed by atoms with Crippen molar-refractivity contribution in [2.75, 3.05) is 32.4 Å². The summed E-state index contributed by atoms with van der Waals surface area (Å²) in [6, 6.07) is 6.38. The summed E-state index contributed by atoms with van der Waals surface area (Å²) in [7, 11) is -1.63. The molecule has 0 N–H and O–H groups in total. The third-order valence-corrected chi connectivity index (χ3v) is 6.97. The van der Waals surface area contributed by atoms with Crippen molar-refractivity contribution in [3.05, 3.63) is 29.8 Å². The number of hydrogen-bond donors (Lipinski definition) is 0. The lowest BCUT2D eigenvalue weighted by Crippen LogP contribution is -2.44. The van der Waals surface area contributed by atoms with Crippen molar-refractivity contribution in [1.82, 2.24) is 9.80 Å². The predicted molar refractivity (Wildman–Crippen MR) is 105 cm³/mol. The van der Waals surface area contributed by atoms with E-state index in [-0.39, 0.29) is 33.9 Å². The fourth-order valence-corrected chi connectivity index (χ4v) is 4.47. The molecular formula is C20H30N2O4S. The summed E-state index contributed by atoms with van der Waals surface area (Å²) in [4.78, 5) is 29.0. The number of carbonyl (C=O) groups excluding carboxylic acids is 2. The zero-order chi connectivity index (χ0) is 20.0. The summed E-state index contributed by atoms with van der Waals surface area (Å²) in [6.07, 6.45) is 3.26. The second-order valence-corrected chi connectivity index (χ2v) is 9.33. The molecule has 1 heterocycles. The van der Waals surface area contributed by atoms with Crippen LogP contribution in [0.5, 0.6) is 0 Å². The Hall–Kier alpha value is -1.89. The lowest BCUT2D eigenvalue weighted by molar-refractivity contribution is -0.135. The summed E-state index contributed by atoms with van der Waals surface area (Å²) < 4.78 is 24.6. The minimum Gasteiger partial charge on any atom is -0.346 e. The van der Waals surface area contributed by atoms with Gasteiger partial charge in [-0.3, -0.25) is 9.59 Å². The molecule has 7 heteroatoms. The number of likely N-dealkylation sites (tertiary alicyclic amines) is 1. The molecule has 0 spiro atoms. The van der Waals surface area contributed by atoms with E-state index in [9.17, 15) is 18.0 Å². The number of piperidine rings is 1. The molecule has 6 nitrogen and oxygen atoms in total. The van der Waals surface area contributed by atoms with E-state index >= 15 is 0 Å². The van der Waals surface area contributed by atoms with Gasteiger partial charge in [-0.15, -0.1) is 0 Å². The average molecular weight is 395 g/mol. The van der Waals surface area contributed by atoms with Gasteiger partial charge in [0.05, 0.1) is 16.2 Å². The van der Waals surface area contributed by atoms with Gasteiger partial charge in [0.2, 0.25) is 5.91 Å². The van der Waals surface area contributed by atoms with E-state index in [4.69, 9.17) is 0 Å². The van der Waals surface area contributed by atoms with Gasteiger partial charge in [0.15, 0.2) is 9.84 Å². The van der Waals surface area contributed by atoms with Crippen LogP contribution in [0.25, 0.3) is 0 Å². The van der Waals surface area contributed by atoms with Crippen LogP contribution in [-0.4, -0.2) is 62.5 Å². The normalized spacial score (nSPS) is 15.6. The van der Waals surface area contributed by atoms with Crippen LogP contribution in [0.3, 0.4) is 0 Å². The van der Waals surface area contributed by atoms with Crippen molar-refractivity contribution >= 4 is 21.7 Å². The van der Waals surface area contributed by atoms with Crippen LogP contribution >= 0.6 is 0 Å². The Morgan fingerprint density at radius 3 is 2.37 bits per heavy atom. The molecule has 0 unspecified atom stereocenters. The maximum Gasteiger partial charge on any atom is 0.255 e. The van der Waals surface area contributed by atoms with Crippen LogP contribution in [0, 0.1) is 5.92 Å². The van der Waals surface area contributed by atoms with Crippen LogP contribution in [0.1, 0.15) is 49.9 Å².